The fourth-order valence-electron chi connectivity index (χ4n) is 4.05. The van der Waals surface area contributed by atoms with Crippen LogP contribution in [0, 0.1) is 18.4 Å². The molecule has 1 N–H and O–H groups in total. The van der Waals surface area contributed by atoms with Crippen molar-refractivity contribution in [1.82, 2.24) is 9.21 Å². The lowest BCUT2D eigenvalue weighted by molar-refractivity contribution is 0.194. The Morgan fingerprint density at radius 3 is 2.49 bits per heavy atom. The Bertz CT molecular complexity index is 1390. The number of aliphatic imine (C=N–C) groups is 1. The van der Waals surface area contributed by atoms with Crippen LogP contribution >= 0.6 is 23.2 Å². The van der Waals surface area contributed by atoms with Crippen molar-refractivity contribution in [2.45, 2.75) is 17.9 Å². The summed E-state index contributed by atoms with van der Waals surface area (Å²) in [6.45, 7) is 2.71. The molecular formula is C25H23Cl2N5O2S. The number of guanidine groups is 1. The van der Waals surface area contributed by atoms with Crippen molar-refractivity contribution in [2.75, 3.05) is 25.0 Å². The zero-order valence-electron chi connectivity index (χ0n) is 18.9. The van der Waals surface area contributed by atoms with E-state index in [2.05, 4.69) is 10.3 Å². The van der Waals surface area contributed by atoms with Crippen LogP contribution in [0.25, 0.3) is 0 Å². The third kappa shape index (κ3) is 5.44. The summed E-state index contributed by atoms with van der Waals surface area (Å²) in [4.78, 5) is 5.86. The monoisotopic (exact) mass is 527 g/mol. The van der Waals surface area contributed by atoms with E-state index in [0.717, 1.165) is 16.8 Å². The van der Waals surface area contributed by atoms with Gasteiger partial charge in [-0.25, -0.2) is 8.42 Å². The fraction of sp³-hybridized carbons (Fsp3) is 0.200. The Balaban J connectivity index is 1.71. The molecule has 1 saturated heterocycles. The maximum Gasteiger partial charge on any atom is 0.245 e. The van der Waals surface area contributed by atoms with Gasteiger partial charge >= 0.3 is 0 Å². The van der Waals surface area contributed by atoms with Gasteiger partial charge in [-0.05, 0) is 42.3 Å². The minimum atomic E-state index is -3.97. The average Bonchev–Trinajstić information content (AvgIpc) is 2.86. The Morgan fingerprint density at radius 1 is 1.06 bits per heavy atom. The van der Waals surface area contributed by atoms with Gasteiger partial charge in [-0.2, -0.15) is 9.57 Å². The van der Waals surface area contributed by atoms with E-state index in [-0.39, 0.29) is 28.0 Å². The number of para-hydroxylation sites is 1. The molecule has 1 unspecified atom stereocenters. The fourth-order valence-corrected chi connectivity index (χ4v) is 6.39. The zero-order valence-corrected chi connectivity index (χ0v) is 21.2. The van der Waals surface area contributed by atoms with E-state index in [0.29, 0.717) is 12.5 Å². The van der Waals surface area contributed by atoms with Gasteiger partial charge in [0, 0.05) is 30.3 Å². The molecule has 35 heavy (non-hydrogen) atoms. The predicted octanol–water partition coefficient (Wildman–Crippen LogP) is 5.30. The predicted molar refractivity (Wildman–Crippen MR) is 139 cm³/mol. The van der Waals surface area contributed by atoms with Gasteiger partial charge in [-0.1, -0.05) is 71.7 Å². The minimum Gasteiger partial charge on any atom is -0.339 e. The Hall–Kier alpha value is -3.09. The molecule has 3 aromatic carbocycles. The van der Waals surface area contributed by atoms with Gasteiger partial charge in [0.1, 0.15) is 4.90 Å². The highest BCUT2D eigenvalue weighted by atomic mass is 35.5. The van der Waals surface area contributed by atoms with Crippen LogP contribution in [0.1, 0.15) is 17.2 Å². The van der Waals surface area contributed by atoms with Crippen LogP contribution in [0.15, 0.2) is 82.7 Å². The molecule has 0 aliphatic carbocycles. The first kappa shape index (κ1) is 25.0. The van der Waals surface area contributed by atoms with Crippen LogP contribution < -0.4 is 5.32 Å². The largest absolute Gasteiger partial charge is 0.339 e. The molecule has 1 aliphatic rings. The van der Waals surface area contributed by atoms with Gasteiger partial charge in [0.25, 0.3) is 0 Å². The number of hydrogen-bond donors (Lipinski definition) is 1. The number of nitrogens with zero attached hydrogens (tertiary/aromatic N) is 4. The quantitative estimate of drug-likeness (QED) is 0.282. The number of benzene rings is 3. The van der Waals surface area contributed by atoms with E-state index in [1.165, 1.54) is 16.4 Å². The first-order valence-corrected chi connectivity index (χ1v) is 13.1. The van der Waals surface area contributed by atoms with Crippen LogP contribution in [0.5, 0.6) is 0 Å². The van der Waals surface area contributed by atoms with Gasteiger partial charge in [0.15, 0.2) is 0 Å². The summed E-state index contributed by atoms with van der Waals surface area (Å²) in [5, 5.41) is 13.0. The van der Waals surface area contributed by atoms with E-state index in [1.54, 1.807) is 6.07 Å². The smallest absolute Gasteiger partial charge is 0.245 e. The number of piperazine rings is 1. The van der Waals surface area contributed by atoms with E-state index in [9.17, 15) is 13.7 Å². The van der Waals surface area contributed by atoms with Gasteiger partial charge < -0.3 is 10.2 Å². The molecule has 1 atom stereocenters. The molecule has 3 aromatic rings. The topological polar surface area (TPSA) is 88.8 Å². The molecule has 10 heteroatoms. The number of nitrogens with one attached hydrogen (secondary N) is 1. The summed E-state index contributed by atoms with van der Waals surface area (Å²) >= 11 is 12.4. The number of rotatable bonds is 4. The summed E-state index contributed by atoms with van der Waals surface area (Å²) in [6.07, 6.45) is 1.86. The SMILES string of the molecule is Cc1ccccc1N/C(=N/C#N)N1CCN(S(=O)(=O)c2cc(Cl)ccc2Cl)C(c2ccccc2)C1. The number of anilines is 1. The van der Waals surface area contributed by atoms with Gasteiger partial charge in [-0.15, -0.1) is 4.99 Å². The number of hydrogen-bond acceptors (Lipinski definition) is 4. The second-order valence-electron chi connectivity index (χ2n) is 8.04. The van der Waals surface area contributed by atoms with Crippen molar-refractivity contribution in [1.29, 1.82) is 5.26 Å². The minimum absolute atomic E-state index is 0.0370. The van der Waals surface area contributed by atoms with Crippen molar-refractivity contribution in [3.63, 3.8) is 0 Å². The summed E-state index contributed by atoms with van der Waals surface area (Å²) in [6, 6.07) is 20.9. The van der Waals surface area contributed by atoms with E-state index in [1.807, 2.05) is 72.6 Å². The van der Waals surface area contributed by atoms with E-state index >= 15 is 0 Å². The molecule has 0 radical (unpaired) electrons. The molecule has 1 fully saturated rings. The van der Waals surface area contributed by atoms with Crippen LogP contribution in [0.4, 0.5) is 5.69 Å². The highest BCUT2D eigenvalue weighted by molar-refractivity contribution is 7.89. The van der Waals surface area contributed by atoms with Crippen molar-refractivity contribution >= 4 is 44.9 Å². The van der Waals surface area contributed by atoms with Gasteiger partial charge in [-0.3, -0.25) is 0 Å². The third-order valence-electron chi connectivity index (χ3n) is 5.84. The first-order valence-electron chi connectivity index (χ1n) is 10.9. The Kier molecular flexibility index (Phi) is 7.63. The van der Waals surface area contributed by atoms with Crippen molar-refractivity contribution < 1.29 is 8.42 Å². The second kappa shape index (κ2) is 10.7. The maximum atomic E-state index is 13.7. The molecule has 0 aromatic heterocycles. The average molecular weight is 528 g/mol. The first-order chi connectivity index (χ1) is 16.8. The Labute approximate surface area is 215 Å². The molecule has 0 amide bonds. The van der Waals surface area contributed by atoms with Crippen LogP contribution in [0.2, 0.25) is 10.0 Å². The number of sulfonamides is 1. The molecule has 7 nitrogen and oxygen atoms in total. The highest BCUT2D eigenvalue weighted by Gasteiger charge is 2.39. The van der Waals surface area contributed by atoms with Gasteiger partial charge in [0.05, 0.1) is 11.1 Å². The third-order valence-corrected chi connectivity index (χ3v) is 8.47. The number of halogens is 2. The molecule has 1 aliphatic heterocycles. The number of nitriles is 1. The summed E-state index contributed by atoms with van der Waals surface area (Å²) in [5.41, 5.74) is 2.62. The molecule has 0 saturated carbocycles. The van der Waals surface area contributed by atoms with E-state index < -0.39 is 16.1 Å². The summed E-state index contributed by atoms with van der Waals surface area (Å²) < 4.78 is 28.9. The van der Waals surface area contributed by atoms with Crippen molar-refractivity contribution in [2.24, 2.45) is 4.99 Å². The van der Waals surface area contributed by atoms with Crippen LogP contribution in [0.3, 0.4) is 0 Å². The molecule has 4 rings (SSSR count). The highest BCUT2D eigenvalue weighted by Crippen LogP contribution is 2.35. The lowest BCUT2D eigenvalue weighted by Gasteiger charge is -2.41. The lowest BCUT2D eigenvalue weighted by Crippen LogP contribution is -2.53. The molecule has 0 bridgehead atoms. The zero-order chi connectivity index (χ0) is 25.0. The van der Waals surface area contributed by atoms with Crippen molar-refractivity contribution in [3.05, 3.63) is 94.0 Å². The van der Waals surface area contributed by atoms with Crippen molar-refractivity contribution in [3.8, 4) is 6.19 Å². The lowest BCUT2D eigenvalue weighted by atomic mass is 10.0. The molecular weight excluding hydrogens is 505 g/mol. The maximum absolute atomic E-state index is 13.7. The van der Waals surface area contributed by atoms with Crippen LogP contribution in [-0.4, -0.2) is 43.2 Å². The normalized spacial score (nSPS) is 17.1. The molecule has 0 spiro atoms. The molecule has 1 heterocycles. The summed E-state index contributed by atoms with van der Waals surface area (Å²) in [7, 11) is -3.97. The van der Waals surface area contributed by atoms with Crippen LogP contribution in [-0.2, 0) is 10.0 Å². The van der Waals surface area contributed by atoms with E-state index in [4.69, 9.17) is 23.2 Å². The standard InChI is InChI=1S/C25H23Cl2N5O2S/c1-18-7-5-6-10-22(18)30-25(29-17-28)31-13-14-32(23(16-31)19-8-3-2-4-9-19)35(33,34)24-15-20(26)11-12-21(24)27/h2-12,15,23H,13-14,16H2,1H3,(H,29,30). The number of aryl methyl sites for hydroxylation is 1. The molecule has 180 valence electrons. The van der Waals surface area contributed by atoms with Gasteiger partial charge in [0.2, 0.25) is 22.2 Å². The second-order valence-corrected chi connectivity index (χ2v) is 10.7. The summed E-state index contributed by atoms with van der Waals surface area (Å²) in [5.74, 6) is 0.362. The Morgan fingerprint density at radius 2 is 1.77 bits per heavy atom.